The maximum Gasteiger partial charge on any atom is 0.267 e. The fourth-order valence-electron chi connectivity index (χ4n) is 3.28. The quantitative estimate of drug-likeness (QED) is 0.281. The molecule has 8 heteroatoms. The molecular weight excluding hydrogens is 475 g/mol. The average molecular weight is 488 g/mol. The molecule has 2 aromatic heterocycles. The molecule has 1 amide bonds. The van der Waals surface area contributed by atoms with Crippen molar-refractivity contribution in [2.24, 2.45) is 0 Å². The normalized spacial score (nSPS) is 11.3. The number of carbonyl (C=O) groups is 1. The van der Waals surface area contributed by atoms with Gasteiger partial charge in [-0.2, -0.15) is 0 Å². The van der Waals surface area contributed by atoms with Gasteiger partial charge < -0.3 is 9.73 Å². The first kappa shape index (κ1) is 20.3. The number of hydrogen-bond acceptors (Lipinski definition) is 4. The van der Waals surface area contributed by atoms with Gasteiger partial charge in [0.1, 0.15) is 10.4 Å². The summed E-state index contributed by atoms with van der Waals surface area (Å²) >= 11 is 19.8. The molecule has 0 spiro atoms. The van der Waals surface area contributed by atoms with Crippen molar-refractivity contribution in [1.29, 1.82) is 0 Å². The summed E-state index contributed by atoms with van der Waals surface area (Å²) < 4.78 is 6.64. The van der Waals surface area contributed by atoms with Crippen LogP contribution in [0, 0.1) is 0 Å². The number of carbonyl (C=O) groups excluding carboxylic acids is 1. The molecule has 0 aliphatic heterocycles. The smallest absolute Gasteiger partial charge is 0.267 e. The topological polar surface area (TPSA) is 55.1 Å². The number of halogens is 3. The number of anilines is 1. The van der Waals surface area contributed by atoms with E-state index in [4.69, 9.17) is 39.2 Å². The molecule has 0 fully saturated rings. The maximum absolute atomic E-state index is 12.7. The third-order valence-electron chi connectivity index (χ3n) is 4.76. The third kappa shape index (κ3) is 4.14. The SMILES string of the molecule is O=C(Nc1ccc(Cc2nc3cc(Cl)ccc3o2)cc1)c1sc2cc(Cl)ccc2c1Cl. The van der Waals surface area contributed by atoms with Crippen LogP contribution >= 0.6 is 46.1 Å². The van der Waals surface area contributed by atoms with E-state index in [0.717, 1.165) is 21.2 Å². The molecule has 154 valence electrons. The zero-order valence-corrected chi connectivity index (χ0v) is 18.9. The highest BCUT2D eigenvalue weighted by Gasteiger charge is 2.17. The summed E-state index contributed by atoms with van der Waals surface area (Å²) in [6, 6.07) is 18.3. The number of thiophene rings is 1. The molecule has 4 nitrogen and oxygen atoms in total. The molecule has 0 unspecified atom stereocenters. The molecule has 2 heterocycles. The monoisotopic (exact) mass is 486 g/mol. The van der Waals surface area contributed by atoms with Gasteiger partial charge in [0.15, 0.2) is 11.5 Å². The molecule has 1 N–H and O–H groups in total. The molecule has 0 aliphatic rings. The number of nitrogens with zero attached hydrogens (tertiary/aromatic N) is 1. The Kier molecular flexibility index (Phi) is 5.36. The molecule has 0 aliphatic carbocycles. The lowest BCUT2D eigenvalue weighted by Gasteiger charge is -2.05. The van der Waals surface area contributed by atoms with E-state index < -0.39 is 0 Å². The molecular formula is C23H13Cl3N2O2S. The molecule has 0 radical (unpaired) electrons. The van der Waals surface area contributed by atoms with Crippen LogP contribution in [-0.4, -0.2) is 10.9 Å². The van der Waals surface area contributed by atoms with Crippen molar-refractivity contribution < 1.29 is 9.21 Å². The Hall–Kier alpha value is -2.57. The molecule has 0 saturated heterocycles. The number of hydrogen-bond donors (Lipinski definition) is 1. The summed E-state index contributed by atoms with van der Waals surface area (Å²) in [6.07, 6.45) is 0.531. The predicted molar refractivity (Wildman–Crippen MR) is 128 cm³/mol. The van der Waals surface area contributed by atoms with E-state index in [1.807, 2.05) is 30.3 Å². The lowest BCUT2D eigenvalue weighted by Crippen LogP contribution is -2.10. The highest BCUT2D eigenvalue weighted by atomic mass is 35.5. The zero-order chi connectivity index (χ0) is 21.5. The Bertz CT molecular complexity index is 1440. The summed E-state index contributed by atoms with van der Waals surface area (Å²) in [4.78, 5) is 17.7. The zero-order valence-electron chi connectivity index (χ0n) is 15.8. The van der Waals surface area contributed by atoms with Crippen molar-refractivity contribution in [3.05, 3.63) is 92.1 Å². The summed E-state index contributed by atoms with van der Waals surface area (Å²) in [6.45, 7) is 0. The fourth-order valence-corrected chi connectivity index (χ4v) is 5.13. The van der Waals surface area contributed by atoms with Crippen LogP contribution in [0.25, 0.3) is 21.2 Å². The summed E-state index contributed by atoms with van der Waals surface area (Å²) in [5.74, 6) is 0.343. The number of amides is 1. The third-order valence-corrected chi connectivity index (χ3v) is 6.88. The summed E-state index contributed by atoms with van der Waals surface area (Å²) in [5, 5.41) is 5.37. The molecule has 0 atom stereocenters. The lowest BCUT2D eigenvalue weighted by molar-refractivity contribution is 0.103. The first-order valence-corrected chi connectivity index (χ1v) is 11.2. The minimum absolute atomic E-state index is 0.258. The van der Waals surface area contributed by atoms with E-state index in [0.29, 0.717) is 43.5 Å². The van der Waals surface area contributed by atoms with Crippen LogP contribution in [0.2, 0.25) is 15.1 Å². The maximum atomic E-state index is 12.7. The minimum Gasteiger partial charge on any atom is -0.440 e. The highest BCUT2D eigenvalue weighted by Crippen LogP contribution is 2.37. The molecule has 0 saturated carbocycles. The molecule has 31 heavy (non-hydrogen) atoms. The standard InChI is InChI=1S/C23H13Cl3N2O2S/c24-13-4-8-18-17(10-13)28-20(30-18)9-12-1-5-15(6-2-12)27-23(29)22-21(26)16-7-3-14(25)11-19(16)31-22/h1-8,10-11H,9H2,(H,27,29). The van der Waals surface area contributed by atoms with Gasteiger partial charge in [0, 0.05) is 32.2 Å². The van der Waals surface area contributed by atoms with E-state index in [-0.39, 0.29) is 5.91 Å². The van der Waals surface area contributed by atoms with Crippen LogP contribution in [0.15, 0.2) is 65.1 Å². The molecule has 0 bridgehead atoms. The number of fused-ring (bicyclic) bond motifs is 2. The van der Waals surface area contributed by atoms with E-state index in [1.54, 1.807) is 30.3 Å². The molecule has 5 rings (SSSR count). The minimum atomic E-state index is -0.258. The Morgan fingerprint density at radius 2 is 1.71 bits per heavy atom. The van der Waals surface area contributed by atoms with Crippen LogP contribution in [0.4, 0.5) is 5.69 Å². The van der Waals surface area contributed by atoms with Crippen LogP contribution in [-0.2, 0) is 6.42 Å². The van der Waals surface area contributed by atoms with Gasteiger partial charge in [-0.3, -0.25) is 4.79 Å². The fraction of sp³-hybridized carbons (Fsp3) is 0.0435. The number of aromatic nitrogens is 1. The van der Waals surface area contributed by atoms with E-state index in [1.165, 1.54) is 11.3 Å². The second-order valence-electron chi connectivity index (χ2n) is 6.93. The molecule has 3 aromatic carbocycles. The van der Waals surface area contributed by atoms with Crippen LogP contribution in [0.1, 0.15) is 21.1 Å². The second-order valence-corrected chi connectivity index (χ2v) is 9.24. The Morgan fingerprint density at radius 3 is 2.52 bits per heavy atom. The van der Waals surface area contributed by atoms with Crippen molar-refractivity contribution in [1.82, 2.24) is 4.98 Å². The predicted octanol–water partition coefficient (Wildman–Crippen LogP) is 7.85. The number of rotatable bonds is 4. The van der Waals surface area contributed by atoms with Crippen LogP contribution in [0.5, 0.6) is 0 Å². The highest BCUT2D eigenvalue weighted by molar-refractivity contribution is 7.21. The van der Waals surface area contributed by atoms with Gasteiger partial charge >= 0.3 is 0 Å². The Balaban J connectivity index is 1.31. The van der Waals surface area contributed by atoms with Crippen LogP contribution < -0.4 is 5.32 Å². The van der Waals surface area contributed by atoms with Gasteiger partial charge in [-0.15, -0.1) is 11.3 Å². The van der Waals surface area contributed by atoms with Crippen molar-refractivity contribution in [3.8, 4) is 0 Å². The van der Waals surface area contributed by atoms with Crippen molar-refractivity contribution in [3.63, 3.8) is 0 Å². The van der Waals surface area contributed by atoms with Gasteiger partial charge in [-0.25, -0.2) is 4.98 Å². The Morgan fingerprint density at radius 1 is 0.968 bits per heavy atom. The van der Waals surface area contributed by atoms with Gasteiger partial charge in [-0.05, 0) is 48.0 Å². The Labute approximate surface area is 196 Å². The van der Waals surface area contributed by atoms with Crippen LogP contribution in [0.3, 0.4) is 0 Å². The summed E-state index contributed by atoms with van der Waals surface area (Å²) in [5.41, 5.74) is 3.10. The van der Waals surface area contributed by atoms with Gasteiger partial charge in [-0.1, -0.05) is 53.0 Å². The second kappa shape index (κ2) is 8.17. The average Bonchev–Trinajstić information content (AvgIpc) is 3.29. The number of benzene rings is 3. The van der Waals surface area contributed by atoms with E-state index >= 15 is 0 Å². The van der Waals surface area contributed by atoms with E-state index in [9.17, 15) is 4.79 Å². The van der Waals surface area contributed by atoms with Gasteiger partial charge in [0.25, 0.3) is 5.91 Å². The largest absolute Gasteiger partial charge is 0.440 e. The lowest BCUT2D eigenvalue weighted by atomic mass is 10.1. The molecule has 5 aromatic rings. The van der Waals surface area contributed by atoms with E-state index in [2.05, 4.69) is 10.3 Å². The van der Waals surface area contributed by atoms with Crippen molar-refractivity contribution in [2.75, 3.05) is 5.32 Å². The number of oxazole rings is 1. The van der Waals surface area contributed by atoms with Crippen molar-refractivity contribution in [2.45, 2.75) is 6.42 Å². The first-order chi connectivity index (χ1) is 15.0. The number of nitrogens with one attached hydrogen (secondary N) is 1. The van der Waals surface area contributed by atoms with Gasteiger partial charge in [0.2, 0.25) is 0 Å². The van der Waals surface area contributed by atoms with Crippen molar-refractivity contribution >= 4 is 78.9 Å². The summed E-state index contributed by atoms with van der Waals surface area (Å²) in [7, 11) is 0. The first-order valence-electron chi connectivity index (χ1n) is 9.29. The van der Waals surface area contributed by atoms with Gasteiger partial charge in [0.05, 0.1) is 5.02 Å².